The fraction of sp³-hybridized carbons (Fsp3) is 0.571. The molecule has 0 saturated carbocycles. The first-order chi connectivity index (χ1) is 8.72. The van der Waals surface area contributed by atoms with E-state index in [-0.39, 0.29) is 0 Å². The average Bonchev–Trinajstić information content (AvgIpc) is 2.37. The minimum absolute atomic E-state index is 0.342. The van der Waals surface area contributed by atoms with E-state index < -0.39 is 0 Å². The molecular formula is C14H21NO3. The second-order valence-electron chi connectivity index (χ2n) is 4.65. The van der Waals surface area contributed by atoms with Gasteiger partial charge < -0.3 is 5.11 Å². The van der Waals surface area contributed by atoms with Crippen LogP contribution in [0.4, 0.5) is 0 Å². The van der Waals surface area contributed by atoms with Crippen molar-refractivity contribution in [3.63, 3.8) is 0 Å². The summed E-state index contributed by atoms with van der Waals surface area (Å²) in [5.41, 5.74) is 2.54. The van der Waals surface area contributed by atoms with Crippen molar-refractivity contribution in [2.24, 2.45) is 0 Å². The van der Waals surface area contributed by atoms with Crippen molar-refractivity contribution >= 4 is 0 Å². The Kier molecular flexibility index (Phi) is 4.58. The van der Waals surface area contributed by atoms with Crippen molar-refractivity contribution in [2.75, 3.05) is 26.8 Å². The number of benzene rings is 1. The van der Waals surface area contributed by atoms with Gasteiger partial charge in [-0.05, 0) is 50.1 Å². The maximum absolute atomic E-state index is 9.53. The van der Waals surface area contributed by atoms with Crippen LogP contribution in [0.15, 0.2) is 18.2 Å². The molecule has 1 aromatic carbocycles. The summed E-state index contributed by atoms with van der Waals surface area (Å²) in [4.78, 5) is 12.3. The second kappa shape index (κ2) is 6.18. The Bertz CT molecular complexity index is 395. The van der Waals surface area contributed by atoms with E-state index in [1.165, 1.54) is 11.1 Å². The van der Waals surface area contributed by atoms with Crippen molar-refractivity contribution in [1.29, 1.82) is 0 Å². The molecule has 0 spiro atoms. The van der Waals surface area contributed by atoms with Gasteiger partial charge in [0.15, 0.2) is 0 Å². The lowest BCUT2D eigenvalue weighted by Gasteiger charge is -2.34. The first-order valence-corrected chi connectivity index (χ1v) is 6.48. The molecule has 0 saturated heterocycles. The molecule has 1 atom stereocenters. The lowest BCUT2D eigenvalue weighted by molar-refractivity contribution is -0.292. The maximum Gasteiger partial charge on any atom is 0.115 e. The number of rotatable bonds is 5. The van der Waals surface area contributed by atoms with Crippen molar-refractivity contribution in [1.82, 2.24) is 4.90 Å². The van der Waals surface area contributed by atoms with Crippen LogP contribution in [-0.4, -0.2) is 36.8 Å². The van der Waals surface area contributed by atoms with Gasteiger partial charge >= 0.3 is 0 Å². The Labute approximate surface area is 108 Å². The zero-order chi connectivity index (χ0) is 13.0. The second-order valence-corrected chi connectivity index (χ2v) is 4.65. The van der Waals surface area contributed by atoms with Gasteiger partial charge in [-0.1, -0.05) is 6.07 Å². The third-order valence-corrected chi connectivity index (χ3v) is 3.43. The molecule has 0 fully saturated rings. The Morgan fingerprint density at radius 2 is 2.22 bits per heavy atom. The Hall–Kier alpha value is -1.10. The van der Waals surface area contributed by atoms with E-state index in [1.807, 2.05) is 19.1 Å². The molecule has 0 bridgehead atoms. The lowest BCUT2D eigenvalue weighted by Crippen LogP contribution is -2.32. The summed E-state index contributed by atoms with van der Waals surface area (Å²) < 4.78 is 0. The number of fused-ring (bicyclic) bond motifs is 1. The van der Waals surface area contributed by atoms with Gasteiger partial charge in [-0.25, -0.2) is 9.78 Å². The third kappa shape index (κ3) is 3.02. The minimum Gasteiger partial charge on any atom is -0.508 e. The van der Waals surface area contributed by atoms with E-state index >= 15 is 0 Å². The normalized spacial score (nSPS) is 19.8. The standard InChI is InChI=1S/C14H21NO3/c1-3-17-18-9-7-14-13-5-4-12(16)10-11(13)6-8-15(14)2/h4-5,10,14,16H,3,6-9H2,1-2H3. The molecule has 0 radical (unpaired) electrons. The van der Waals surface area contributed by atoms with Crippen LogP contribution in [0.2, 0.25) is 0 Å². The monoisotopic (exact) mass is 251 g/mol. The quantitative estimate of drug-likeness (QED) is 0.495. The van der Waals surface area contributed by atoms with E-state index in [9.17, 15) is 5.11 Å². The van der Waals surface area contributed by atoms with Crippen LogP contribution in [-0.2, 0) is 16.2 Å². The van der Waals surface area contributed by atoms with Crippen molar-refractivity contribution in [2.45, 2.75) is 25.8 Å². The number of aromatic hydroxyl groups is 1. The molecule has 1 aliphatic heterocycles. The van der Waals surface area contributed by atoms with Gasteiger partial charge in [-0.3, -0.25) is 4.90 Å². The van der Waals surface area contributed by atoms with Crippen LogP contribution in [0.5, 0.6) is 5.75 Å². The summed E-state index contributed by atoms with van der Waals surface area (Å²) >= 11 is 0. The molecule has 1 N–H and O–H groups in total. The molecule has 1 aromatic rings. The van der Waals surface area contributed by atoms with Crippen LogP contribution < -0.4 is 0 Å². The summed E-state index contributed by atoms with van der Waals surface area (Å²) in [5.74, 6) is 0.350. The Morgan fingerprint density at radius 3 is 3.00 bits per heavy atom. The largest absolute Gasteiger partial charge is 0.508 e. The molecule has 1 aliphatic rings. The molecule has 4 heteroatoms. The molecule has 2 rings (SSSR count). The topological polar surface area (TPSA) is 41.9 Å². The molecular weight excluding hydrogens is 230 g/mol. The maximum atomic E-state index is 9.53. The minimum atomic E-state index is 0.342. The van der Waals surface area contributed by atoms with E-state index in [0.29, 0.717) is 25.0 Å². The summed E-state index contributed by atoms with van der Waals surface area (Å²) in [6.07, 6.45) is 1.89. The summed E-state index contributed by atoms with van der Waals surface area (Å²) in [5, 5.41) is 9.53. The van der Waals surface area contributed by atoms with Crippen molar-refractivity contribution in [3.8, 4) is 5.75 Å². The average molecular weight is 251 g/mol. The van der Waals surface area contributed by atoms with Gasteiger partial charge in [0, 0.05) is 12.6 Å². The SMILES string of the molecule is CCOOCCC1c2ccc(O)cc2CCN1C. The van der Waals surface area contributed by atoms with E-state index in [0.717, 1.165) is 19.4 Å². The van der Waals surface area contributed by atoms with Gasteiger partial charge in [-0.15, -0.1) is 0 Å². The summed E-state index contributed by atoms with van der Waals surface area (Å²) in [6, 6.07) is 5.99. The molecule has 0 aliphatic carbocycles. The lowest BCUT2D eigenvalue weighted by atomic mass is 9.91. The number of nitrogens with zero attached hydrogens (tertiary/aromatic N) is 1. The van der Waals surface area contributed by atoms with Gasteiger partial charge in [-0.2, -0.15) is 0 Å². The number of phenolic OH excluding ortho intramolecular Hbond substituents is 1. The first-order valence-electron chi connectivity index (χ1n) is 6.48. The molecule has 18 heavy (non-hydrogen) atoms. The van der Waals surface area contributed by atoms with E-state index in [2.05, 4.69) is 11.9 Å². The zero-order valence-corrected chi connectivity index (χ0v) is 11.1. The van der Waals surface area contributed by atoms with Crippen LogP contribution in [0.3, 0.4) is 0 Å². The third-order valence-electron chi connectivity index (χ3n) is 3.43. The Balaban J connectivity index is 2.05. The highest BCUT2D eigenvalue weighted by atomic mass is 17.2. The molecule has 0 amide bonds. The highest BCUT2D eigenvalue weighted by Gasteiger charge is 2.24. The predicted molar refractivity (Wildman–Crippen MR) is 69.4 cm³/mol. The zero-order valence-electron chi connectivity index (χ0n) is 11.1. The number of phenols is 1. The summed E-state index contributed by atoms with van der Waals surface area (Å²) in [7, 11) is 2.13. The molecule has 100 valence electrons. The van der Waals surface area contributed by atoms with Gasteiger partial charge in [0.05, 0.1) is 13.2 Å². The Morgan fingerprint density at radius 1 is 1.39 bits per heavy atom. The highest BCUT2D eigenvalue weighted by molar-refractivity contribution is 5.38. The van der Waals surface area contributed by atoms with E-state index in [1.54, 1.807) is 6.07 Å². The van der Waals surface area contributed by atoms with Gasteiger partial charge in [0.2, 0.25) is 0 Å². The molecule has 1 unspecified atom stereocenters. The van der Waals surface area contributed by atoms with Crippen molar-refractivity contribution < 1.29 is 14.9 Å². The van der Waals surface area contributed by atoms with Crippen LogP contribution in [0.25, 0.3) is 0 Å². The van der Waals surface area contributed by atoms with E-state index in [4.69, 9.17) is 9.78 Å². The molecule has 4 nitrogen and oxygen atoms in total. The predicted octanol–water partition coefficient (Wildman–Crippen LogP) is 2.28. The fourth-order valence-corrected chi connectivity index (χ4v) is 2.50. The van der Waals surface area contributed by atoms with Crippen LogP contribution >= 0.6 is 0 Å². The van der Waals surface area contributed by atoms with Crippen LogP contribution in [0, 0.1) is 0 Å². The molecule has 0 aromatic heterocycles. The van der Waals surface area contributed by atoms with Gasteiger partial charge in [0.25, 0.3) is 0 Å². The number of likely N-dealkylation sites (N-methyl/N-ethyl adjacent to an activating group) is 1. The molecule has 1 heterocycles. The summed E-state index contributed by atoms with van der Waals surface area (Å²) in [6.45, 7) is 4.08. The fourth-order valence-electron chi connectivity index (χ4n) is 2.50. The van der Waals surface area contributed by atoms with Gasteiger partial charge in [0.1, 0.15) is 5.75 Å². The number of hydrogen-bond donors (Lipinski definition) is 1. The van der Waals surface area contributed by atoms with Crippen molar-refractivity contribution in [3.05, 3.63) is 29.3 Å². The highest BCUT2D eigenvalue weighted by Crippen LogP contribution is 2.32. The van der Waals surface area contributed by atoms with Crippen LogP contribution in [0.1, 0.15) is 30.5 Å². The number of hydrogen-bond acceptors (Lipinski definition) is 4. The smallest absolute Gasteiger partial charge is 0.115 e. The first kappa shape index (κ1) is 13.3.